The van der Waals surface area contributed by atoms with E-state index in [0.29, 0.717) is 6.42 Å². The first kappa shape index (κ1) is 15.3. The molecule has 0 radical (unpaired) electrons. The lowest BCUT2D eigenvalue weighted by Crippen LogP contribution is -2.23. The van der Waals surface area contributed by atoms with Crippen molar-refractivity contribution >= 4 is 17.6 Å². The first-order valence-corrected chi connectivity index (χ1v) is 12.1. The first-order chi connectivity index (χ1) is 6.83. The Morgan fingerprint density at radius 2 is 1.53 bits per heavy atom. The number of halogens is 2. The van der Waals surface area contributed by atoms with E-state index >= 15 is 0 Å². The van der Waals surface area contributed by atoms with E-state index in [1.165, 1.54) is 0 Å². The summed E-state index contributed by atoms with van der Waals surface area (Å²) in [5.41, 5.74) is 0. The van der Waals surface area contributed by atoms with Crippen LogP contribution in [0.15, 0.2) is 0 Å². The Morgan fingerprint density at radius 3 is 2.00 bits per heavy atom. The lowest BCUT2D eigenvalue weighted by atomic mass is 10.3. The van der Waals surface area contributed by atoms with E-state index in [0.717, 1.165) is 12.1 Å². The third kappa shape index (κ3) is 10.5. The van der Waals surface area contributed by atoms with E-state index in [1.54, 1.807) is 0 Å². The highest BCUT2D eigenvalue weighted by Crippen LogP contribution is 2.23. The highest BCUT2D eigenvalue weighted by Gasteiger charge is 2.29. The molecule has 0 N–H and O–H groups in total. The summed E-state index contributed by atoms with van der Waals surface area (Å²) < 4.78 is 30.9. The molecular formula is C10H24F2OSi2. The summed E-state index contributed by atoms with van der Waals surface area (Å²) in [5, 5.41) is 0. The Labute approximate surface area is 95.4 Å². The van der Waals surface area contributed by atoms with Crippen LogP contribution in [0, 0.1) is 0 Å². The van der Waals surface area contributed by atoms with Crippen LogP contribution in [0.5, 0.6) is 0 Å². The van der Waals surface area contributed by atoms with E-state index in [1.807, 2.05) is 0 Å². The number of hydrogen-bond donors (Lipinski definition) is 0. The van der Waals surface area contributed by atoms with Crippen molar-refractivity contribution < 1.29 is 13.5 Å². The summed E-state index contributed by atoms with van der Waals surface area (Å²) in [6.45, 7) is 8.89. The van der Waals surface area contributed by atoms with Gasteiger partial charge in [-0.05, 0) is 12.5 Å². The fourth-order valence-corrected chi connectivity index (χ4v) is 2.84. The van der Waals surface area contributed by atoms with Gasteiger partial charge in [0.1, 0.15) is 0 Å². The average molecular weight is 254 g/mol. The zero-order chi connectivity index (χ0) is 11.9. The lowest BCUT2D eigenvalue weighted by Gasteiger charge is -2.17. The fourth-order valence-electron chi connectivity index (χ4n) is 1.23. The van der Waals surface area contributed by atoms with Crippen LogP contribution in [0.25, 0.3) is 0 Å². The van der Waals surface area contributed by atoms with E-state index < -0.39 is 23.7 Å². The normalized spacial score (nSPS) is 12.8. The Bertz CT molecular complexity index is 148. The second kappa shape index (κ2) is 7.51. The molecule has 92 valence electrons. The standard InChI is InChI=1S/C10H24F2OSi2/c1-14(2)8-5-6-10(11,12)13-7-9-15(3)4/h14-15H,5-9H2,1-4H3. The van der Waals surface area contributed by atoms with Gasteiger partial charge in [-0.3, -0.25) is 0 Å². The monoisotopic (exact) mass is 254 g/mol. The van der Waals surface area contributed by atoms with Gasteiger partial charge in [-0.25, -0.2) is 0 Å². The van der Waals surface area contributed by atoms with Crippen LogP contribution in [-0.2, 0) is 4.74 Å². The van der Waals surface area contributed by atoms with E-state index in [9.17, 15) is 8.78 Å². The number of ether oxygens (including phenoxy) is 1. The van der Waals surface area contributed by atoms with Gasteiger partial charge in [0.2, 0.25) is 0 Å². The average Bonchev–Trinajstić information content (AvgIpc) is 2.01. The number of rotatable bonds is 8. The van der Waals surface area contributed by atoms with Crippen molar-refractivity contribution in [3.63, 3.8) is 0 Å². The van der Waals surface area contributed by atoms with Gasteiger partial charge < -0.3 is 4.74 Å². The molecule has 15 heavy (non-hydrogen) atoms. The van der Waals surface area contributed by atoms with E-state index in [2.05, 4.69) is 30.9 Å². The quantitative estimate of drug-likeness (QED) is 0.604. The third-order valence-electron chi connectivity index (χ3n) is 2.26. The highest BCUT2D eigenvalue weighted by molar-refractivity contribution is 6.55. The molecule has 0 rings (SSSR count). The molecule has 0 unspecified atom stereocenters. The molecule has 0 amide bonds. The minimum absolute atomic E-state index is 0.0994. The van der Waals surface area contributed by atoms with Crippen molar-refractivity contribution in [3.05, 3.63) is 0 Å². The zero-order valence-electron chi connectivity index (χ0n) is 10.4. The Hall–Kier alpha value is 0.254. The molecule has 0 aliphatic heterocycles. The molecule has 0 saturated carbocycles. The molecule has 0 aromatic rings. The molecule has 0 fully saturated rings. The molecule has 5 heteroatoms. The van der Waals surface area contributed by atoms with Crippen LogP contribution < -0.4 is 0 Å². The predicted octanol–water partition coefficient (Wildman–Crippen LogP) is 3.35. The zero-order valence-corrected chi connectivity index (χ0v) is 12.7. The van der Waals surface area contributed by atoms with Gasteiger partial charge in [0.25, 0.3) is 0 Å². The lowest BCUT2D eigenvalue weighted by molar-refractivity contribution is -0.239. The molecule has 0 atom stereocenters. The van der Waals surface area contributed by atoms with Gasteiger partial charge in [-0.2, -0.15) is 8.78 Å². The molecule has 0 aromatic carbocycles. The molecule has 0 aliphatic rings. The SMILES string of the molecule is C[SiH](C)CCCC(F)(F)OCC[SiH](C)C. The molecule has 0 heterocycles. The van der Waals surface area contributed by atoms with Gasteiger partial charge in [0.05, 0.1) is 6.61 Å². The first-order valence-electron chi connectivity index (χ1n) is 5.85. The van der Waals surface area contributed by atoms with E-state index in [4.69, 9.17) is 0 Å². The van der Waals surface area contributed by atoms with Crippen LogP contribution in [0.1, 0.15) is 12.8 Å². The minimum atomic E-state index is -2.88. The molecule has 1 nitrogen and oxygen atoms in total. The Balaban J connectivity index is 3.57. The van der Waals surface area contributed by atoms with Gasteiger partial charge in [0.15, 0.2) is 0 Å². The Morgan fingerprint density at radius 1 is 1.00 bits per heavy atom. The van der Waals surface area contributed by atoms with E-state index in [-0.39, 0.29) is 13.0 Å². The maximum Gasteiger partial charge on any atom is 0.355 e. The third-order valence-corrected chi connectivity index (χ3v) is 5.21. The van der Waals surface area contributed by atoms with Crippen LogP contribution in [0.2, 0.25) is 38.3 Å². The minimum Gasteiger partial charge on any atom is -0.321 e. The van der Waals surface area contributed by atoms with Crippen LogP contribution in [0.3, 0.4) is 0 Å². The van der Waals surface area contributed by atoms with Gasteiger partial charge in [-0.15, -0.1) is 0 Å². The maximum atomic E-state index is 13.1. The van der Waals surface area contributed by atoms with Crippen LogP contribution >= 0.6 is 0 Å². The summed E-state index contributed by atoms with van der Waals surface area (Å²) >= 11 is 0. The summed E-state index contributed by atoms with van der Waals surface area (Å²) in [4.78, 5) is 0. The number of alkyl halides is 2. The number of hydrogen-bond acceptors (Lipinski definition) is 1. The summed E-state index contributed by atoms with van der Waals surface area (Å²) in [6.07, 6.45) is -2.37. The molecular weight excluding hydrogens is 230 g/mol. The molecule has 0 spiro atoms. The summed E-state index contributed by atoms with van der Waals surface area (Å²) in [6, 6.07) is 1.83. The van der Waals surface area contributed by atoms with Crippen LogP contribution in [-0.4, -0.2) is 30.3 Å². The highest BCUT2D eigenvalue weighted by atomic mass is 28.3. The van der Waals surface area contributed by atoms with Gasteiger partial charge in [-0.1, -0.05) is 32.2 Å². The van der Waals surface area contributed by atoms with Crippen molar-refractivity contribution in [2.24, 2.45) is 0 Å². The molecule has 0 aliphatic carbocycles. The molecule has 0 bridgehead atoms. The molecule has 0 saturated heterocycles. The largest absolute Gasteiger partial charge is 0.355 e. The molecule has 0 aromatic heterocycles. The van der Waals surface area contributed by atoms with Crippen LogP contribution in [0.4, 0.5) is 8.78 Å². The Kier molecular flexibility index (Phi) is 7.64. The van der Waals surface area contributed by atoms with Crippen molar-refractivity contribution in [3.8, 4) is 0 Å². The second-order valence-electron chi connectivity index (χ2n) is 4.95. The topological polar surface area (TPSA) is 9.23 Å². The van der Waals surface area contributed by atoms with Crippen molar-refractivity contribution in [1.82, 2.24) is 0 Å². The smallest absolute Gasteiger partial charge is 0.321 e. The second-order valence-corrected chi connectivity index (χ2v) is 11.7. The maximum absolute atomic E-state index is 13.1. The van der Waals surface area contributed by atoms with Crippen molar-refractivity contribution in [1.29, 1.82) is 0 Å². The van der Waals surface area contributed by atoms with Gasteiger partial charge in [0, 0.05) is 24.0 Å². The summed E-state index contributed by atoms with van der Waals surface area (Å²) in [5.74, 6) is 0. The van der Waals surface area contributed by atoms with Crippen molar-refractivity contribution in [2.75, 3.05) is 6.61 Å². The fraction of sp³-hybridized carbons (Fsp3) is 1.00. The summed E-state index contributed by atoms with van der Waals surface area (Å²) in [7, 11) is -1.44. The predicted molar refractivity (Wildman–Crippen MR) is 67.5 cm³/mol. The van der Waals surface area contributed by atoms with Gasteiger partial charge >= 0.3 is 6.11 Å². The van der Waals surface area contributed by atoms with Crippen molar-refractivity contribution in [2.45, 2.75) is 57.2 Å².